The zero-order valence-corrected chi connectivity index (χ0v) is 15.9. The molecule has 0 heterocycles. The number of nitrogens with zero attached hydrogens (tertiary/aromatic N) is 1. The number of rotatable bonds is 9. The highest BCUT2D eigenvalue weighted by molar-refractivity contribution is 6.35. The second kappa shape index (κ2) is 11.1. The highest BCUT2D eigenvalue weighted by Gasteiger charge is 2.21. The van der Waals surface area contributed by atoms with Crippen molar-refractivity contribution in [2.75, 3.05) is 19.8 Å². The lowest BCUT2D eigenvalue weighted by Gasteiger charge is -2.28. The van der Waals surface area contributed by atoms with Gasteiger partial charge in [0, 0.05) is 22.7 Å². The van der Waals surface area contributed by atoms with Gasteiger partial charge in [-0.3, -0.25) is 9.59 Å². The summed E-state index contributed by atoms with van der Waals surface area (Å²) in [6.07, 6.45) is 3.60. The highest BCUT2D eigenvalue weighted by Crippen LogP contribution is 2.22. The minimum atomic E-state index is -0.377. The molecule has 0 aromatic heterocycles. The predicted molar refractivity (Wildman–Crippen MR) is 99.6 cm³/mol. The van der Waals surface area contributed by atoms with Crippen LogP contribution in [-0.2, 0) is 14.3 Å². The fraction of sp³-hybridized carbons (Fsp3) is 0.444. The van der Waals surface area contributed by atoms with Gasteiger partial charge in [-0.1, -0.05) is 36.2 Å². The van der Waals surface area contributed by atoms with E-state index in [0.717, 1.165) is 0 Å². The second-order valence-corrected chi connectivity index (χ2v) is 6.17. The minimum Gasteiger partial charge on any atom is -0.466 e. The maximum atomic E-state index is 12.5. The largest absolute Gasteiger partial charge is 0.466 e. The van der Waals surface area contributed by atoms with Gasteiger partial charge < -0.3 is 14.7 Å². The summed E-state index contributed by atoms with van der Waals surface area (Å²) in [7, 11) is 0. The van der Waals surface area contributed by atoms with Crippen LogP contribution in [0, 0.1) is 0 Å². The number of esters is 1. The van der Waals surface area contributed by atoms with Gasteiger partial charge in [-0.15, -0.1) is 0 Å². The number of ether oxygens (including phenoxy) is 1. The molecule has 1 rings (SSSR count). The Balaban J connectivity index is 2.86. The van der Waals surface area contributed by atoms with Crippen LogP contribution in [0.5, 0.6) is 0 Å². The molecule has 0 saturated carbocycles. The number of aliphatic hydroxyl groups is 1. The van der Waals surface area contributed by atoms with Crippen molar-refractivity contribution in [1.29, 1.82) is 0 Å². The van der Waals surface area contributed by atoms with Crippen LogP contribution in [0.15, 0.2) is 24.3 Å². The summed E-state index contributed by atoms with van der Waals surface area (Å²) >= 11 is 11.9. The molecule has 0 saturated heterocycles. The van der Waals surface area contributed by atoms with Crippen molar-refractivity contribution in [3.05, 3.63) is 39.9 Å². The fourth-order valence-electron chi connectivity index (χ4n) is 2.26. The van der Waals surface area contributed by atoms with Crippen molar-refractivity contribution in [2.45, 2.75) is 32.7 Å². The molecule has 1 aromatic rings. The van der Waals surface area contributed by atoms with E-state index in [4.69, 9.17) is 27.9 Å². The van der Waals surface area contributed by atoms with Crippen molar-refractivity contribution < 1.29 is 19.4 Å². The van der Waals surface area contributed by atoms with E-state index >= 15 is 0 Å². The number of aliphatic hydroxyl groups excluding tert-OH is 1. The van der Waals surface area contributed by atoms with Crippen LogP contribution < -0.4 is 0 Å². The first-order valence-corrected chi connectivity index (χ1v) is 8.88. The first kappa shape index (κ1) is 21.5. The Hall–Kier alpha value is -1.56. The van der Waals surface area contributed by atoms with Crippen LogP contribution in [0.25, 0.3) is 6.08 Å². The van der Waals surface area contributed by atoms with E-state index < -0.39 is 0 Å². The molecule has 0 aliphatic carbocycles. The molecule has 1 unspecified atom stereocenters. The molecular weight excluding hydrogens is 365 g/mol. The Kier molecular flexibility index (Phi) is 9.57. The Labute approximate surface area is 158 Å². The fourth-order valence-corrected chi connectivity index (χ4v) is 2.73. The molecule has 1 aromatic carbocycles. The number of halogens is 2. The summed E-state index contributed by atoms with van der Waals surface area (Å²) in [5.41, 5.74) is 0.654. The highest BCUT2D eigenvalue weighted by atomic mass is 35.5. The van der Waals surface area contributed by atoms with Gasteiger partial charge >= 0.3 is 5.97 Å². The van der Waals surface area contributed by atoms with Crippen molar-refractivity contribution in [1.82, 2.24) is 4.90 Å². The van der Waals surface area contributed by atoms with Crippen molar-refractivity contribution in [3.63, 3.8) is 0 Å². The van der Waals surface area contributed by atoms with Gasteiger partial charge in [0.15, 0.2) is 0 Å². The maximum Gasteiger partial charge on any atom is 0.307 e. The van der Waals surface area contributed by atoms with Crippen LogP contribution in [0.4, 0.5) is 0 Å². The molecule has 138 valence electrons. The average molecular weight is 388 g/mol. The second-order valence-electron chi connectivity index (χ2n) is 5.33. The van der Waals surface area contributed by atoms with Crippen LogP contribution >= 0.6 is 23.2 Å². The lowest BCUT2D eigenvalue weighted by molar-refractivity contribution is -0.144. The minimum absolute atomic E-state index is 0.0750. The maximum absolute atomic E-state index is 12.5. The molecule has 1 N–H and O–H groups in total. The summed E-state index contributed by atoms with van der Waals surface area (Å²) in [5, 5.41) is 10.4. The molecule has 1 amide bonds. The SMILES string of the molecule is CCOC(=O)CCN(C(=O)/C=C/c1ccc(Cl)cc1Cl)C(CC)CO. The van der Waals surface area contributed by atoms with Gasteiger partial charge in [0.05, 0.1) is 25.7 Å². The summed E-state index contributed by atoms with van der Waals surface area (Å²) < 4.78 is 4.89. The third kappa shape index (κ3) is 7.06. The summed E-state index contributed by atoms with van der Waals surface area (Å²) in [5.74, 6) is -0.686. The van der Waals surface area contributed by atoms with Crippen LogP contribution in [0.3, 0.4) is 0 Å². The predicted octanol–water partition coefficient (Wildman–Crippen LogP) is 3.56. The Morgan fingerprint density at radius 1 is 1.32 bits per heavy atom. The molecule has 0 spiro atoms. The number of carbonyl (C=O) groups is 2. The number of amides is 1. The normalized spacial score (nSPS) is 12.2. The first-order chi connectivity index (χ1) is 11.9. The van der Waals surface area contributed by atoms with Gasteiger partial charge in [-0.05, 0) is 37.1 Å². The lowest BCUT2D eigenvalue weighted by Crippen LogP contribution is -2.42. The Bertz CT molecular complexity index is 615. The molecule has 0 radical (unpaired) electrons. The van der Waals surface area contributed by atoms with E-state index in [2.05, 4.69) is 0 Å². The zero-order valence-electron chi connectivity index (χ0n) is 14.4. The average Bonchev–Trinajstić information content (AvgIpc) is 2.57. The lowest BCUT2D eigenvalue weighted by atomic mass is 10.1. The topological polar surface area (TPSA) is 66.8 Å². The molecule has 0 fully saturated rings. The quantitative estimate of drug-likeness (QED) is 0.519. The number of carbonyl (C=O) groups excluding carboxylic acids is 2. The number of hydrogen-bond acceptors (Lipinski definition) is 4. The molecule has 0 aliphatic rings. The van der Waals surface area contributed by atoms with Crippen molar-refractivity contribution in [3.8, 4) is 0 Å². The van der Waals surface area contributed by atoms with E-state index in [-0.39, 0.29) is 37.5 Å². The van der Waals surface area contributed by atoms with E-state index in [1.54, 1.807) is 31.2 Å². The monoisotopic (exact) mass is 387 g/mol. The third-order valence-corrected chi connectivity index (χ3v) is 4.20. The van der Waals surface area contributed by atoms with Gasteiger partial charge in [0.25, 0.3) is 0 Å². The van der Waals surface area contributed by atoms with Crippen molar-refractivity contribution >= 4 is 41.2 Å². The first-order valence-electron chi connectivity index (χ1n) is 8.13. The smallest absolute Gasteiger partial charge is 0.307 e. The van der Waals surface area contributed by atoms with E-state index in [0.29, 0.717) is 28.6 Å². The van der Waals surface area contributed by atoms with Gasteiger partial charge in [0.1, 0.15) is 0 Å². The molecule has 5 nitrogen and oxygen atoms in total. The van der Waals surface area contributed by atoms with E-state index in [1.165, 1.54) is 11.0 Å². The zero-order chi connectivity index (χ0) is 18.8. The standard InChI is InChI=1S/C18H23Cl2NO4/c1-3-15(12-22)21(10-9-18(24)25-4-2)17(23)8-6-13-5-7-14(19)11-16(13)20/h5-8,11,15,22H,3-4,9-10,12H2,1-2H3/b8-6+. The van der Waals surface area contributed by atoms with Crippen LogP contribution in [-0.4, -0.2) is 47.7 Å². The third-order valence-electron chi connectivity index (χ3n) is 3.64. The summed E-state index contributed by atoms with van der Waals surface area (Å²) in [6, 6.07) is 4.61. The molecule has 25 heavy (non-hydrogen) atoms. The number of hydrogen-bond donors (Lipinski definition) is 1. The van der Waals surface area contributed by atoms with Crippen molar-refractivity contribution in [2.24, 2.45) is 0 Å². The van der Waals surface area contributed by atoms with Gasteiger partial charge in [0.2, 0.25) is 5.91 Å². The number of benzene rings is 1. The van der Waals surface area contributed by atoms with Crippen LogP contribution in [0.2, 0.25) is 10.0 Å². The van der Waals surface area contributed by atoms with Crippen LogP contribution in [0.1, 0.15) is 32.3 Å². The molecule has 1 atom stereocenters. The summed E-state index contributed by atoms with van der Waals surface area (Å²) in [6.45, 7) is 3.88. The molecule has 0 aliphatic heterocycles. The summed E-state index contributed by atoms with van der Waals surface area (Å²) in [4.78, 5) is 25.6. The van der Waals surface area contributed by atoms with E-state index in [9.17, 15) is 14.7 Å². The Morgan fingerprint density at radius 2 is 2.04 bits per heavy atom. The Morgan fingerprint density at radius 3 is 2.60 bits per heavy atom. The molecule has 0 bridgehead atoms. The van der Waals surface area contributed by atoms with Gasteiger partial charge in [-0.25, -0.2) is 0 Å². The molecule has 7 heteroatoms. The van der Waals surface area contributed by atoms with E-state index in [1.807, 2.05) is 6.92 Å². The molecular formula is C18H23Cl2NO4. The van der Waals surface area contributed by atoms with Gasteiger partial charge in [-0.2, -0.15) is 0 Å².